The molecule has 2 aliphatic rings. The van der Waals surface area contributed by atoms with E-state index in [9.17, 15) is 22.8 Å². The van der Waals surface area contributed by atoms with E-state index in [0.717, 1.165) is 31.0 Å². The van der Waals surface area contributed by atoms with Crippen molar-refractivity contribution in [1.29, 1.82) is 0 Å². The molecule has 2 saturated carbocycles. The predicted octanol–water partition coefficient (Wildman–Crippen LogP) is 4.67. The van der Waals surface area contributed by atoms with E-state index in [0.29, 0.717) is 24.2 Å². The van der Waals surface area contributed by atoms with Gasteiger partial charge in [-0.3, -0.25) is 9.59 Å². The lowest BCUT2D eigenvalue weighted by Gasteiger charge is -2.20. The van der Waals surface area contributed by atoms with E-state index in [-0.39, 0.29) is 10.7 Å². The van der Waals surface area contributed by atoms with Gasteiger partial charge in [0.25, 0.3) is 5.91 Å². The minimum absolute atomic E-state index is 0.0281. The Bertz CT molecular complexity index is 707. The highest BCUT2D eigenvalue weighted by atomic mass is 35.5. The molecule has 0 spiro atoms. The lowest BCUT2D eigenvalue weighted by Crippen LogP contribution is -2.23. The molecule has 1 aromatic carbocycles. The minimum Gasteiger partial charge on any atom is -0.456 e. The van der Waals surface area contributed by atoms with Gasteiger partial charge in [-0.15, -0.1) is 0 Å². The molecule has 0 heterocycles. The summed E-state index contributed by atoms with van der Waals surface area (Å²) in [5, 5.41) is 2.22. The smallest absolute Gasteiger partial charge is 0.416 e. The van der Waals surface area contributed by atoms with Gasteiger partial charge in [0.05, 0.1) is 16.3 Å². The number of halogens is 4. The molecule has 8 heteroatoms. The SMILES string of the molecule is O=C(COC(=O)C[C@H]1C[C@H]2CC[C@H]1C2)Nc1cc(C(F)(F)F)ccc1Cl. The lowest BCUT2D eigenvalue weighted by atomic mass is 9.86. The van der Waals surface area contributed by atoms with E-state index in [1.165, 1.54) is 12.8 Å². The quantitative estimate of drug-likeness (QED) is 0.745. The van der Waals surface area contributed by atoms with E-state index in [1.807, 2.05) is 0 Å². The number of hydrogen-bond acceptors (Lipinski definition) is 3. The Morgan fingerprint density at radius 2 is 2.00 bits per heavy atom. The van der Waals surface area contributed by atoms with Crippen LogP contribution in [-0.4, -0.2) is 18.5 Å². The fraction of sp³-hybridized carbons (Fsp3) is 0.556. The molecular weight excluding hydrogens is 371 g/mol. The fourth-order valence-corrected chi connectivity index (χ4v) is 4.19. The van der Waals surface area contributed by atoms with Gasteiger partial charge in [0, 0.05) is 6.42 Å². The van der Waals surface area contributed by atoms with Gasteiger partial charge in [-0.2, -0.15) is 13.2 Å². The van der Waals surface area contributed by atoms with Gasteiger partial charge in [-0.1, -0.05) is 18.0 Å². The summed E-state index contributed by atoms with van der Waals surface area (Å²) in [6.07, 6.45) is 0.335. The molecule has 0 radical (unpaired) electrons. The van der Waals surface area contributed by atoms with E-state index in [1.54, 1.807) is 0 Å². The largest absolute Gasteiger partial charge is 0.456 e. The molecule has 3 atom stereocenters. The molecule has 3 rings (SSSR count). The van der Waals surface area contributed by atoms with Crippen molar-refractivity contribution in [3.8, 4) is 0 Å². The Kier molecular flexibility index (Phi) is 5.46. The van der Waals surface area contributed by atoms with Crippen molar-refractivity contribution in [3.63, 3.8) is 0 Å². The summed E-state index contributed by atoms with van der Waals surface area (Å²) in [6, 6.07) is 2.63. The van der Waals surface area contributed by atoms with Crippen molar-refractivity contribution in [2.24, 2.45) is 17.8 Å². The number of benzene rings is 1. The number of nitrogens with one attached hydrogen (secondary N) is 1. The van der Waals surface area contributed by atoms with Crippen LogP contribution in [0, 0.1) is 17.8 Å². The molecule has 2 fully saturated rings. The third-order valence-electron chi connectivity index (χ3n) is 5.25. The number of anilines is 1. The number of hydrogen-bond donors (Lipinski definition) is 1. The molecule has 142 valence electrons. The molecular formula is C18H19ClF3NO3. The predicted molar refractivity (Wildman–Crippen MR) is 89.6 cm³/mol. The monoisotopic (exact) mass is 389 g/mol. The van der Waals surface area contributed by atoms with Gasteiger partial charge < -0.3 is 10.1 Å². The van der Waals surface area contributed by atoms with Gasteiger partial charge in [0.1, 0.15) is 0 Å². The summed E-state index contributed by atoms with van der Waals surface area (Å²) >= 11 is 5.81. The van der Waals surface area contributed by atoms with Crippen molar-refractivity contribution >= 4 is 29.2 Å². The van der Waals surface area contributed by atoms with Crippen molar-refractivity contribution in [2.75, 3.05) is 11.9 Å². The fourth-order valence-electron chi connectivity index (χ4n) is 4.03. The highest BCUT2D eigenvalue weighted by Gasteiger charge is 2.40. The average molecular weight is 390 g/mol. The third kappa shape index (κ3) is 4.50. The van der Waals surface area contributed by atoms with Gasteiger partial charge in [0.15, 0.2) is 6.61 Å². The van der Waals surface area contributed by atoms with Crippen molar-refractivity contribution in [3.05, 3.63) is 28.8 Å². The second-order valence-corrected chi connectivity index (χ2v) is 7.45. The van der Waals surface area contributed by atoms with Crippen LogP contribution in [-0.2, 0) is 20.5 Å². The summed E-state index contributed by atoms with van der Waals surface area (Å²) in [7, 11) is 0. The molecule has 2 aliphatic carbocycles. The van der Waals surface area contributed by atoms with Gasteiger partial charge in [-0.25, -0.2) is 0 Å². The van der Waals surface area contributed by atoms with Crippen LogP contribution in [0.2, 0.25) is 5.02 Å². The summed E-state index contributed by atoms with van der Waals surface area (Å²) in [5.41, 5.74) is -1.10. The van der Waals surface area contributed by atoms with Crippen molar-refractivity contribution in [2.45, 2.75) is 38.3 Å². The zero-order valence-corrected chi connectivity index (χ0v) is 14.7. The maximum absolute atomic E-state index is 12.7. The van der Waals surface area contributed by atoms with Crippen LogP contribution >= 0.6 is 11.6 Å². The third-order valence-corrected chi connectivity index (χ3v) is 5.58. The van der Waals surface area contributed by atoms with E-state index in [4.69, 9.17) is 16.3 Å². The van der Waals surface area contributed by atoms with Crippen LogP contribution < -0.4 is 5.32 Å². The summed E-state index contributed by atoms with van der Waals surface area (Å²) in [4.78, 5) is 23.8. The van der Waals surface area contributed by atoms with Crippen molar-refractivity contribution < 1.29 is 27.5 Å². The van der Waals surface area contributed by atoms with Crippen LogP contribution in [0.15, 0.2) is 18.2 Å². The first-order chi connectivity index (χ1) is 12.2. The average Bonchev–Trinajstić information content (AvgIpc) is 3.17. The molecule has 0 aliphatic heterocycles. The molecule has 26 heavy (non-hydrogen) atoms. The zero-order chi connectivity index (χ0) is 18.9. The Labute approximate surface area is 154 Å². The molecule has 1 N–H and O–H groups in total. The zero-order valence-electron chi connectivity index (χ0n) is 13.9. The highest BCUT2D eigenvalue weighted by Crippen LogP contribution is 2.49. The number of esters is 1. The number of fused-ring (bicyclic) bond motifs is 2. The van der Waals surface area contributed by atoms with Gasteiger partial charge in [0.2, 0.25) is 0 Å². The number of rotatable bonds is 5. The molecule has 0 unspecified atom stereocenters. The van der Waals surface area contributed by atoms with Crippen LogP contribution in [0.1, 0.15) is 37.7 Å². The summed E-state index contributed by atoms with van der Waals surface area (Å²) in [6.45, 7) is -0.549. The summed E-state index contributed by atoms with van der Waals surface area (Å²) < 4.78 is 43.1. The van der Waals surface area contributed by atoms with E-state index in [2.05, 4.69) is 5.32 Å². The second kappa shape index (κ2) is 7.47. The van der Waals surface area contributed by atoms with E-state index >= 15 is 0 Å². The minimum atomic E-state index is -4.54. The lowest BCUT2D eigenvalue weighted by molar-refractivity contribution is -0.148. The first kappa shape index (κ1) is 19.0. The molecule has 2 bridgehead atoms. The standard InChI is InChI=1S/C18H19ClF3NO3/c19-14-4-3-13(18(20,21)22)8-15(14)23-16(24)9-26-17(25)7-12-6-10-1-2-11(12)5-10/h3-4,8,10-12H,1-2,5-7,9H2,(H,23,24)/t10-,11-,12+/m0/s1. The molecule has 0 aromatic heterocycles. The molecule has 1 amide bonds. The van der Waals surface area contributed by atoms with Crippen LogP contribution in [0.3, 0.4) is 0 Å². The molecule has 0 saturated heterocycles. The number of amides is 1. The molecule has 1 aromatic rings. The maximum Gasteiger partial charge on any atom is 0.416 e. The number of alkyl halides is 3. The number of ether oxygens (including phenoxy) is 1. The first-order valence-electron chi connectivity index (χ1n) is 8.54. The Hall–Kier alpha value is -1.76. The van der Waals surface area contributed by atoms with E-state index < -0.39 is 30.2 Å². The van der Waals surface area contributed by atoms with Crippen LogP contribution in [0.4, 0.5) is 18.9 Å². The van der Waals surface area contributed by atoms with Crippen LogP contribution in [0.25, 0.3) is 0 Å². The number of carbonyl (C=O) groups excluding carboxylic acids is 2. The topological polar surface area (TPSA) is 55.4 Å². The first-order valence-corrected chi connectivity index (χ1v) is 8.92. The Morgan fingerprint density at radius 1 is 1.23 bits per heavy atom. The number of carbonyl (C=O) groups is 2. The van der Waals surface area contributed by atoms with Crippen LogP contribution in [0.5, 0.6) is 0 Å². The normalized spacial score (nSPS) is 24.5. The summed E-state index contributed by atoms with van der Waals surface area (Å²) in [5.74, 6) is 0.428. The Balaban J connectivity index is 1.49. The maximum atomic E-state index is 12.7. The Morgan fingerprint density at radius 3 is 2.62 bits per heavy atom. The second-order valence-electron chi connectivity index (χ2n) is 7.04. The molecule has 4 nitrogen and oxygen atoms in total. The van der Waals surface area contributed by atoms with Gasteiger partial charge in [-0.05, 0) is 55.2 Å². The highest BCUT2D eigenvalue weighted by molar-refractivity contribution is 6.33. The van der Waals surface area contributed by atoms with Gasteiger partial charge >= 0.3 is 12.1 Å². The van der Waals surface area contributed by atoms with Crippen molar-refractivity contribution in [1.82, 2.24) is 0 Å².